The molecule has 0 saturated heterocycles. The van der Waals surface area contributed by atoms with E-state index in [0.717, 1.165) is 11.1 Å². The lowest BCUT2D eigenvalue weighted by Crippen LogP contribution is -2.25. The van der Waals surface area contributed by atoms with Crippen LogP contribution < -0.4 is 10.3 Å². The van der Waals surface area contributed by atoms with Crippen LogP contribution in [0.15, 0.2) is 52.8 Å². The molecule has 8 heteroatoms. The Hall–Kier alpha value is -3.36. The highest BCUT2D eigenvalue weighted by molar-refractivity contribution is 7.10. The number of aryl methyl sites for hydroxylation is 2. The normalized spacial score (nSPS) is 11.6. The van der Waals surface area contributed by atoms with Crippen molar-refractivity contribution in [1.29, 1.82) is 0 Å². The maximum atomic E-state index is 13.2. The van der Waals surface area contributed by atoms with Crippen LogP contribution in [0.4, 0.5) is 0 Å². The number of benzene rings is 1. The molecule has 3 heterocycles. The fraction of sp³-hybridized carbons (Fsp3) is 0.280. The van der Waals surface area contributed by atoms with E-state index in [-0.39, 0.29) is 5.56 Å². The first kappa shape index (κ1) is 22.8. The van der Waals surface area contributed by atoms with Gasteiger partial charge in [-0.25, -0.2) is 9.97 Å². The number of nitrogens with zero attached hydrogens (tertiary/aromatic N) is 4. The van der Waals surface area contributed by atoms with E-state index in [9.17, 15) is 9.90 Å². The summed E-state index contributed by atoms with van der Waals surface area (Å²) in [7, 11) is 0. The van der Waals surface area contributed by atoms with Crippen molar-refractivity contribution >= 4 is 11.3 Å². The zero-order valence-corrected chi connectivity index (χ0v) is 20.1. The molecule has 1 aromatic carbocycles. The van der Waals surface area contributed by atoms with E-state index in [1.807, 2.05) is 36.6 Å². The van der Waals surface area contributed by atoms with Crippen LogP contribution >= 0.6 is 11.3 Å². The van der Waals surface area contributed by atoms with E-state index in [0.29, 0.717) is 41.1 Å². The number of aromatic nitrogens is 4. The summed E-state index contributed by atoms with van der Waals surface area (Å²) < 4.78 is 7.44. The highest BCUT2D eigenvalue weighted by Gasteiger charge is 2.20. The molecule has 170 valence electrons. The van der Waals surface area contributed by atoms with E-state index >= 15 is 0 Å². The molecular formula is C25H26N4O3S. The standard InChI is InChI=1S/C25H26N4O3S/c1-15-11-18(14-33-15)13-32-22-16(2)23(30)29(17(3)27-22)20-8-6-7-19(12-20)21-9-10-26-24(28-21)25(4,5)31/h6-12,14,31H,13H2,1-5H3. The molecule has 0 atom stereocenters. The molecule has 1 N–H and O–H groups in total. The lowest BCUT2D eigenvalue weighted by atomic mass is 10.1. The molecule has 4 aromatic rings. The molecule has 0 saturated carbocycles. The second-order valence-corrected chi connectivity index (χ2v) is 9.57. The van der Waals surface area contributed by atoms with Gasteiger partial charge in [-0.1, -0.05) is 12.1 Å². The largest absolute Gasteiger partial charge is 0.472 e. The second kappa shape index (κ2) is 8.88. The van der Waals surface area contributed by atoms with Crippen molar-refractivity contribution in [3.05, 3.63) is 86.0 Å². The van der Waals surface area contributed by atoms with Gasteiger partial charge in [0.2, 0.25) is 5.88 Å². The van der Waals surface area contributed by atoms with Crippen LogP contribution in [0.25, 0.3) is 16.9 Å². The van der Waals surface area contributed by atoms with Crippen LogP contribution in [-0.4, -0.2) is 24.6 Å². The Morgan fingerprint density at radius 2 is 1.91 bits per heavy atom. The van der Waals surface area contributed by atoms with Crippen molar-refractivity contribution in [3.8, 4) is 22.8 Å². The summed E-state index contributed by atoms with van der Waals surface area (Å²) in [4.78, 5) is 27.7. The average molecular weight is 463 g/mol. The van der Waals surface area contributed by atoms with E-state index < -0.39 is 5.60 Å². The van der Waals surface area contributed by atoms with Gasteiger partial charge in [-0.3, -0.25) is 9.36 Å². The van der Waals surface area contributed by atoms with Gasteiger partial charge in [0.15, 0.2) is 5.82 Å². The maximum Gasteiger partial charge on any atom is 0.264 e. The Morgan fingerprint density at radius 1 is 1.12 bits per heavy atom. The van der Waals surface area contributed by atoms with Gasteiger partial charge >= 0.3 is 0 Å². The summed E-state index contributed by atoms with van der Waals surface area (Å²) in [6, 6.07) is 11.3. The predicted molar refractivity (Wildman–Crippen MR) is 129 cm³/mol. The maximum absolute atomic E-state index is 13.2. The molecule has 0 fully saturated rings. The first-order valence-electron chi connectivity index (χ1n) is 10.6. The van der Waals surface area contributed by atoms with Gasteiger partial charge in [-0.15, -0.1) is 11.3 Å². The van der Waals surface area contributed by atoms with Gasteiger partial charge in [-0.2, -0.15) is 4.98 Å². The minimum atomic E-state index is -1.15. The molecule has 0 unspecified atom stereocenters. The lowest BCUT2D eigenvalue weighted by molar-refractivity contribution is 0.0688. The molecule has 0 bridgehead atoms. The fourth-order valence-corrected chi connectivity index (χ4v) is 4.17. The minimum absolute atomic E-state index is 0.184. The van der Waals surface area contributed by atoms with Gasteiger partial charge in [0.1, 0.15) is 18.0 Å². The summed E-state index contributed by atoms with van der Waals surface area (Å²) in [5, 5.41) is 12.3. The zero-order chi connectivity index (χ0) is 23.8. The van der Waals surface area contributed by atoms with Crippen molar-refractivity contribution in [3.63, 3.8) is 0 Å². The van der Waals surface area contributed by atoms with Crippen molar-refractivity contribution in [2.24, 2.45) is 0 Å². The van der Waals surface area contributed by atoms with Gasteiger partial charge in [0.05, 0.1) is 16.9 Å². The van der Waals surface area contributed by atoms with E-state index in [2.05, 4.69) is 21.0 Å². The molecule has 7 nitrogen and oxygen atoms in total. The first-order chi connectivity index (χ1) is 15.6. The van der Waals surface area contributed by atoms with Crippen molar-refractivity contribution in [1.82, 2.24) is 19.5 Å². The predicted octanol–water partition coefficient (Wildman–Crippen LogP) is 4.48. The summed E-state index contributed by atoms with van der Waals surface area (Å²) in [6.45, 7) is 9.21. The highest BCUT2D eigenvalue weighted by atomic mass is 32.1. The third-order valence-corrected chi connectivity index (χ3v) is 6.11. The third kappa shape index (κ3) is 4.86. The quantitative estimate of drug-likeness (QED) is 0.454. The van der Waals surface area contributed by atoms with Crippen molar-refractivity contribution in [2.75, 3.05) is 0 Å². The number of rotatable bonds is 6. The molecule has 0 amide bonds. The Morgan fingerprint density at radius 3 is 2.61 bits per heavy atom. The molecule has 3 aromatic heterocycles. The molecular weight excluding hydrogens is 436 g/mol. The highest BCUT2D eigenvalue weighted by Crippen LogP contribution is 2.24. The number of thiophene rings is 1. The summed E-state index contributed by atoms with van der Waals surface area (Å²) in [5.74, 6) is 1.21. The van der Waals surface area contributed by atoms with E-state index in [1.54, 1.807) is 55.9 Å². The van der Waals surface area contributed by atoms with Gasteiger partial charge in [0, 0.05) is 22.2 Å². The van der Waals surface area contributed by atoms with Crippen LogP contribution in [0, 0.1) is 20.8 Å². The van der Waals surface area contributed by atoms with Crippen molar-refractivity contribution < 1.29 is 9.84 Å². The first-order valence-corrected chi connectivity index (χ1v) is 11.5. The molecule has 0 aliphatic rings. The average Bonchev–Trinajstić information content (AvgIpc) is 3.20. The number of aliphatic hydroxyl groups is 1. The van der Waals surface area contributed by atoms with E-state index in [4.69, 9.17) is 4.74 Å². The van der Waals surface area contributed by atoms with Gasteiger partial charge in [0.25, 0.3) is 5.56 Å². The lowest BCUT2D eigenvalue weighted by Gasteiger charge is -2.16. The van der Waals surface area contributed by atoms with Crippen LogP contribution in [0.2, 0.25) is 0 Å². The Labute approximate surface area is 196 Å². The molecule has 0 aliphatic heterocycles. The topological polar surface area (TPSA) is 90.1 Å². The summed E-state index contributed by atoms with van der Waals surface area (Å²) >= 11 is 1.66. The van der Waals surface area contributed by atoms with Crippen LogP contribution in [0.3, 0.4) is 0 Å². The monoisotopic (exact) mass is 462 g/mol. The molecule has 33 heavy (non-hydrogen) atoms. The van der Waals surface area contributed by atoms with E-state index in [1.165, 1.54) is 4.88 Å². The third-order valence-electron chi connectivity index (χ3n) is 5.19. The summed E-state index contributed by atoms with van der Waals surface area (Å²) in [6.07, 6.45) is 1.62. The Balaban J connectivity index is 1.69. The Kier molecular flexibility index (Phi) is 6.14. The van der Waals surface area contributed by atoms with Gasteiger partial charge in [-0.05, 0) is 64.3 Å². The van der Waals surface area contributed by atoms with Crippen LogP contribution in [0.5, 0.6) is 5.88 Å². The SMILES string of the molecule is Cc1cc(COc2nc(C)n(-c3cccc(-c4ccnc(C(C)(C)O)n4)c3)c(=O)c2C)cs1. The van der Waals surface area contributed by atoms with Gasteiger partial charge < -0.3 is 9.84 Å². The second-order valence-electron chi connectivity index (χ2n) is 8.46. The van der Waals surface area contributed by atoms with Crippen LogP contribution in [0.1, 0.15) is 41.5 Å². The number of ether oxygens (including phenoxy) is 1. The Bertz CT molecular complexity index is 1370. The number of hydrogen-bond donors (Lipinski definition) is 1. The molecule has 4 rings (SSSR count). The molecule has 0 radical (unpaired) electrons. The molecule has 0 spiro atoms. The number of hydrogen-bond acceptors (Lipinski definition) is 7. The minimum Gasteiger partial charge on any atom is -0.472 e. The molecule has 0 aliphatic carbocycles. The van der Waals surface area contributed by atoms with Crippen molar-refractivity contribution in [2.45, 2.75) is 46.8 Å². The summed E-state index contributed by atoms with van der Waals surface area (Å²) in [5.41, 5.74) is 2.31. The smallest absolute Gasteiger partial charge is 0.264 e. The fourth-order valence-electron chi connectivity index (χ4n) is 3.48. The zero-order valence-electron chi connectivity index (χ0n) is 19.3. The van der Waals surface area contributed by atoms with Crippen LogP contribution in [-0.2, 0) is 12.2 Å².